The van der Waals surface area contributed by atoms with E-state index in [1.54, 1.807) is 30.3 Å². The number of halogens is 2. The van der Waals surface area contributed by atoms with E-state index < -0.39 is 10.0 Å². The lowest BCUT2D eigenvalue weighted by Crippen LogP contribution is -2.12. The molecule has 0 fully saturated rings. The van der Waals surface area contributed by atoms with Crippen LogP contribution in [0, 0.1) is 6.92 Å². The Morgan fingerprint density at radius 2 is 1.86 bits per heavy atom. The molecule has 3 rings (SSSR count). The van der Waals surface area contributed by atoms with Crippen molar-refractivity contribution in [1.29, 1.82) is 0 Å². The van der Waals surface area contributed by atoms with Crippen LogP contribution >= 0.6 is 27.5 Å². The first-order valence-electron chi connectivity index (χ1n) is 5.91. The first kappa shape index (κ1) is 14.5. The molecule has 0 saturated carbocycles. The van der Waals surface area contributed by atoms with Crippen molar-refractivity contribution in [3.63, 3.8) is 0 Å². The van der Waals surface area contributed by atoms with E-state index in [2.05, 4.69) is 26.1 Å². The van der Waals surface area contributed by atoms with Gasteiger partial charge in [-0.1, -0.05) is 29.3 Å². The highest BCUT2D eigenvalue weighted by molar-refractivity contribution is 9.10. The molecule has 1 aromatic carbocycles. The predicted octanol–water partition coefficient (Wildman–Crippen LogP) is 3.39. The van der Waals surface area contributed by atoms with E-state index in [9.17, 15) is 8.42 Å². The molecule has 0 aliphatic carbocycles. The predicted molar refractivity (Wildman–Crippen MR) is 84.0 cm³/mol. The van der Waals surface area contributed by atoms with Crippen molar-refractivity contribution in [3.05, 3.63) is 51.7 Å². The summed E-state index contributed by atoms with van der Waals surface area (Å²) < 4.78 is 27.1. The van der Waals surface area contributed by atoms with Crippen molar-refractivity contribution in [3.8, 4) is 0 Å². The summed E-state index contributed by atoms with van der Waals surface area (Å²) in [7, 11) is -3.73. The van der Waals surface area contributed by atoms with Crippen LogP contribution in [0.5, 0.6) is 0 Å². The molecule has 0 bridgehead atoms. The summed E-state index contributed by atoms with van der Waals surface area (Å²) in [6, 6.07) is 8.18. The summed E-state index contributed by atoms with van der Waals surface area (Å²) in [5.74, 6) is 0. The summed E-state index contributed by atoms with van der Waals surface area (Å²) >= 11 is 9.11. The molecule has 5 nitrogen and oxygen atoms in total. The number of hydrogen-bond acceptors (Lipinski definition) is 4. The van der Waals surface area contributed by atoms with Gasteiger partial charge in [-0.2, -0.15) is 0 Å². The Morgan fingerprint density at radius 3 is 2.52 bits per heavy atom. The smallest absolute Gasteiger partial charge is 0.221 e. The van der Waals surface area contributed by atoms with Gasteiger partial charge in [0.05, 0.1) is 4.90 Å². The van der Waals surface area contributed by atoms with Gasteiger partial charge in [-0.25, -0.2) is 12.4 Å². The number of aryl methyl sites for hydroxylation is 1. The lowest BCUT2D eigenvalue weighted by Gasteiger charge is -2.06. The van der Waals surface area contributed by atoms with E-state index in [0.29, 0.717) is 9.86 Å². The fraction of sp³-hybridized carbons (Fsp3) is 0.0769. The number of benzene rings is 1. The van der Waals surface area contributed by atoms with Crippen LogP contribution in [0.15, 0.2) is 45.9 Å². The Bertz CT molecular complexity index is 936. The topological polar surface area (TPSA) is 64.8 Å². The van der Waals surface area contributed by atoms with Gasteiger partial charge in [-0.3, -0.25) is 0 Å². The zero-order valence-electron chi connectivity index (χ0n) is 10.8. The Balaban J connectivity index is 2.26. The van der Waals surface area contributed by atoms with Gasteiger partial charge >= 0.3 is 0 Å². The van der Waals surface area contributed by atoms with Crippen molar-refractivity contribution in [2.75, 3.05) is 0 Å². The molecule has 21 heavy (non-hydrogen) atoms. The first-order valence-corrected chi connectivity index (χ1v) is 8.53. The van der Waals surface area contributed by atoms with Gasteiger partial charge < -0.3 is 0 Å². The number of hydrogen-bond donors (Lipinski definition) is 0. The van der Waals surface area contributed by atoms with Gasteiger partial charge in [0.1, 0.15) is 0 Å². The van der Waals surface area contributed by atoms with Crippen LogP contribution in [-0.4, -0.2) is 22.6 Å². The monoisotopic (exact) mass is 385 g/mol. The third-order valence-corrected chi connectivity index (χ3v) is 5.50. The van der Waals surface area contributed by atoms with Crippen molar-refractivity contribution in [1.82, 2.24) is 14.2 Å². The highest BCUT2D eigenvalue weighted by atomic mass is 79.9. The molecule has 0 radical (unpaired) electrons. The van der Waals surface area contributed by atoms with Crippen LogP contribution in [0.3, 0.4) is 0 Å². The number of aromatic nitrogens is 3. The number of rotatable bonds is 2. The normalized spacial score (nSPS) is 12.0. The lowest BCUT2D eigenvalue weighted by molar-refractivity contribution is 0.588. The second kappa shape index (κ2) is 5.08. The van der Waals surface area contributed by atoms with Crippen LogP contribution in [0.4, 0.5) is 0 Å². The van der Waals surface area contributed by atoms with Gasteiger partial charge in [0.2, 0.25) is 0 Å². The van der Waals surface area contributed by atoms with Crippen molar-refractivity contribution in [2.24, 2.45) is 0 Å². The molecule has 2 aromatic heterocycles. The van der Waals surface area contributed by atoms with E-state index in [-0.39, 0.29) is 15.7 Å². The molecule has 0 N–H and O–H groups in total. The Labute approximate surface area is 134 Å². The van der Waals surface area contributed by atoms with E-state index >= 15 is 0 Å². The second-order valence-corrected chi connectivity index (χ2v) is 7.55. The highest BCUT2D eigenvalue weighted by Gasteiger charge is 2.22. The van der Waals surface area contributed by atoms with Crippen LogP contribution in [0.25, 0.3) is 11.0 Å². The molecule has 0 spiro atoms. The van der Waals surface area contributed by atoms with Crippen LogP contribution in [0.2, 0.25) is 5.15 Å². The Morgan fingerprint density at radius 1 is 1.19 bits per heavy atom. The average molecular weight is 387 g/mol. The summed E-state index contributed by atoms with van der Waals surface area (Å²) in [5, 5.41) is 8.39. The average Bonchev–Trinajstić information content (AvgIpc) is 2.77. The third kappa shape index (κ3) is 2.45. The largest absolute Gasteiger partial charge is 0.269 e. The minimum absolute atomic E-state index is 0.189. The minimum atomic E-state index is -3.73. The van der Waals surface area contributed by atoms with Gasteiger partial charge in [-0.15, -0.1) is 10.2 Å². The SMILES string of the molecule is Cc1ccc(S(=O)(=O)n2cc(Br)c3cc(Cl)nnc32)cc1. The molecule has 3 aromatic rings. The maximum atomic E-state index is 12.7. The van der Waals surface area contributed by atoms with Gasteiger partial charge in [0.15, 0.2) is 10.8 Å². The van der Waals surface area contributed by atoms with Gasteiger partial charge in [0.25, 0.3) is 10.0 Å². The Kier molecular flexibility index (Phi) is 3.51. The van der Waals surface area contributed by atoms with E-state index in [1.165, 1.54) is 6.20 Å². The molecule has 0 saturated heterocycles. The molecule has 0 unspecified atom stereocenters. The van der Waals surface area contributed by atoms with Crippen LogP contribution in [0.1, 0.15) is 5.56 Å². The number of nitrogens with zero attached hydrogens (tertiary/aromatic N) is 3. The van der Waals surface area contributed by atoms with Crippen molar-refractivity contribution >= 4 is 48.6 Å². The molecule has 0 amide bonds. The Hall–Kier alpha value is -1.44. The quantitative estimate of drug-likeness (QED) is 0.677. The summed E-state index contributed by atoms with van der Waals surface area (Å²) in [5.41, 5.74) is 1.21. The molecule has 108 valence electrons. The fourth-order valence-electron chi connectivity index (χ4n) is 1.94. The maximum absolute atomic E-state index is 12.7. The van der Waals surface area contributed by atoms with E-state index in [0.717, 1.165) is 9.54 Å². The summed E-state index contributed by atoms with van der Waals surface area (Å²) in [6.45, 7) is 1.89. The summed E-state index contributed by atoms with van der Waals surface area (Å²) in [4.78, 5) is 0.189. The summed E-state index contributed by atoms with van der Waals surface area (Å²) in [6.07, 6.45) is 1.45. The molecule has 0 atom stereocenters. The van der Waals surface area contributed by atoms with Gasteiger partial charge in [-0.05, 0) is 41.1 Å². The highest BCUT2D eigenvalue weighted by Crippen LogP contribution is 2.29. The van der Waals surface area contributed by atoms with Crippen molar-refractivity contribution < 1.29 is 8.42 Å². The molecule has 0 aliphatic rings. The van der Waals surface area contributed by atoms with Gasteiger partial charge in [0, 0.05) is 16.1 Å². The lowest BCUT2D eigenvalue weighted by atomic mass is 10.2. The van der Waals surface area contributed by atoms with Crippen molar-refractivity contribution in [2.45, 2.75) is 11.8 Å². The zero-order chi connectivity index (χ0) is 15.2. The van der Waals surface area contributed by atoms with Crippen LogP contribution in [-0.2, 0) is 10.0 Å². The first-order chi connectivity index (χ1) is 9.89. The maximum Gasteiger partial charge on any atom is 0.269 e. The van der Waals surface area contributed by atoms with Crippen LogP contribution < -0.4 is 0 Å². The molecule has 0 aliphatic heterocycles. The van der Waals surface area contributed by atoms with E-state index in [1.807, 2.05) is 6.92 Å². The standard InChI is InChI=1S/C13H9BrClN3O2S/c1-8-2-4-9(5-3-8)21(19,20)18-7-11(14)10-6-12(15)16-17-13(10)18/h2-7H,1H3. The number of fused-ring (bicyclic) bond motifs is 1. The van der Waals surface area contributed by atoms with E-state index in [4.69, 9.17) is 11.6 Å². The fourth-order valence-corrected chi connectivity index (χ4v) is 4.03. The second-order valence-electron chi connectivity index (χ2n) is 4.50. The third-order valence-electron chi connectivity index (χ3n) is 3.02. The molecule has 2 heterocycles. The molecule has 8 heteroatoms. The molecular formula is C13H9BrClN3O2S. The molecular weight excluding hydrogens is 378 g/mol. The zero-order valence-corrected chi connectivity index (χ0v) is 13.9. The minimum Gasteiger partial charge on any atom is -0.221 e.